The largest absolute Gasteiger partial charge is 0.347 e. The molecule has 2 heterocycles. The first-order valence-corrected chi connectivity index (χ1v) is 7.40. The van der Waals surface area contributed by atoms with E-state index in [-0.39, 0.29) is 18.0 Å². The van der Waals surface area contributed by atoms with Gasteiger partial charge in [-0.1, -0.05) is 6.92 Å². The first kappa shape index (κ1) is 13.9. The molecule has 0 radical (unpaired) electrons. The van der Waals surface area contributed by atoms with E-state index < -0.39 is 0 Å². The fraction of sp³-hybridized carbons (Fsp3) is 0.438. The molecule has 0 saturated carbocycles. The third kappa shape index (κ3) is 2.88. The number of benzene rings is 1. The molecule has 1 aromatic heterocycles. The van der Waals surface area contributed by atoms with Gasteiger partial charge in [0, 0.05) is 30.0 Å². The lowest BCUT2D eigenvalue weighted by atomic mass is 9.89. The maximum atomic E-state index is 12.5. The molecule has 110 valence electrons. The first-order chi connectivity index (χ1) is 10.1. The number of aromatic nitrogens is 2. The van der Waals surface area contributed by atoms with Crippen molar-refractivity contribution in [2.24, 2.45) is 5.92 Å². The molecule has 1 aliphatic rings. The molecule has 0 spiro atoms. The van der Waals surface area contributed by atoms with E-state index in [2.05, 4.69) is 34.4 Å². The lowest BCUT2D eigenvalue weighted by Gasteiger charge is -2.36. The second-order valence-electron chi connectivity index (χ2n) is 5.77. The quantitative estimate of drug-likeness (QED) is 0.881. The number of rotatable bonds is 2. The molecule has 1 saturated heterocycles. The molecule has 1 fully saturated rings. The minimum absolute atomic E-state index is 0.0463. The van der Waals surface area contributed by atoms with Crippen LogP contribution < -0.4 is 10.6 Å². The third-order valence-corrected chi connectivity index (χ3v) is 4.25. The number of nitrogens with zero attached hydrogens (tertiary/aromatic N) is 2. The minimum Gasteiger partial charge on any atom is -0.347 e. The third-order valence-electron chi connectivity index (χ3n) is 4.25. The highest BCUT2D eigenvalue weighted by Gasteiger charge is 2.28. The maximum absolute atomic E-state index is 12.5. The summed E-state index contributed by atoms with van der Waals surface area (Å²) in [5.41, 5.74) is 2.18. The summed E-state index contributed by atoms with van der Waals surface area (Å²) in [6.45, 7) is 5.32. The summed E-state index contributed by atoms with van der Waals surface area (Å²) in [5, 5.41) is 6.56. The molecular formula is C16H20N4O. The average molecular weight is 284 g/mol. The number of amides is 1. The van der Waals surface area contributed by atoms with Gasteiger partial charge in [-0.25, -0.2) is 0 Å². The smallest absolute Gasteiger partial charge is 0.251 e. The van der Waals surface area contributed by atoms with Gasteiger partial charge in [0.15, 0.2) is 0 Å². The number of hydrogen-bond donors (Lipinski definition) is 2. The Kier molecular flexibility index (Phi) is 3.84. The lowest BCUT2D eigenvalue weighted by molar-refractivity contribution is 0.0897. The SMILES string of the molecule is CC1CCNC(C)C1NC(=O)c1ccc2nccnc2c1. The van der Waals surface area contributed by atoms with Crippen LogP contribution in [0, 0.1) is 5.92 Å². The Bertz CT molecular complexity index is 648. The molecule has 2 N–H and O–H groups in total. The fourth-order valence-electron chi connectivity index (χ4n) is 2.94. The van der Waals surface area contributed by atoms with E-state index in [1.807, 2.05) is 6.07 Å². The van der Waals surface area contributed by atoms with Gasteiger partial charge in [0.05, 0.1) is 11.0 Å². The summed E-state index contributed by atoms with van der Waals surface area (Å²) in [7, 11) is 0. The zero-order valence-electron chi connectivity index (χ0n) is 12.3. The van der Waals surface area contributed by atoms with Crippen LogP contribution in [0.3, 0.4) is 0 Å². The number of carbonyl (C=O) groups excluding carboxylic acids is 1. The molecule has 1 amide bonds. The van der Waals surface area contributed by atoms with E-state index >= 15 is 0 Å². The van der Waals surface area contributed by atoms with E-state index in [1.165, 1.54) is 0 Å². The average Bonchev–Trinajstić information content (AvgIpc) is 2.50. The van der Waals surface area contributed by atoms with Crippen molar-refractivity contribution >= 4 is 16.9 Å². The Hall–Kier alpha value is -2.01. The van der Waals surface area contributed by atoms with Crippen LogP contribution in [-0.2, 0) is 0 Å². The standard InChI is InChI=1S/C16H20N4O/c1-10-5-6-17-11(2)15(10)20-16(21)12-3-4-13-14(9-12)19-8-7-18-13/h3-4,7-11,15,17H,5-6H2,1-2H3,(H,20,21). The van der Waals surface area contributed by atoms with Crippen LogP contribution in [0.25, 0.3) is 11.0 Å². The molecule has 3 unspecified atom stereocenters. The maximum Gasteiger partial charge on any atom is 0.251 e. The van der Waals surface area contributed by atoms with E-state index in [0.717, 1.165) is 24.0 Å². The van der Waals surface area contributed by atoms with Gasteiger partial charge >= 0.3 is 0 Å². The second kappa shape index (κ2) is 5.77. The highest BCUT2D eigenvalue weighted by atomic mass is 16.1. The molecule has 5 nitrogen and oxygen atoms in total. The summed E-state index contributed by atoms with van der Waals surface area (Å²) in [6.07, 6.45) is 4.37. The first-order valence-electron chi connectivity index (χ1n) is 7.40. The number of hydrogen-bond acceptors (Lipinski definition) is 4. The second-order valence-corrected chi connectivity index (χ2v) is 5.77. The predicted molar refractivity (Wildman–Crippen MR) is 82.0 cm³/mol. The predicted octanol–water partition coefficient (Wildman–Crippen LogP) is 1.75. The van der Waals surface area contributed by atoms with E-state index in [9.17, 15) is 4.79 Å². The van der Waals surface area contributed by atoms with Gasteiger partial charge in [0.2, 0.25) is 0 Å². The highest BCUT2D eigenvalue weighted by molar-refractivity contribution is 5.97. The van der Waals surface area contributed by atoms with Gasteiger partial charge in [0.25, 0.3) is 5.91 Å². The summed E-state index contributed by atoms with van der Waals surface area (Å²) in [5.74, 6) is 0.431. The lowest BCUT2D eigenvalue weighted by Crippen LogP contribution is -2.55. The van der Waals surface area contributed by atoms with E-state index in [1.54, 1.807) is 24.5 Å². The molecule has 1 aromatic carbocycles. The van der Waals surface area contributed by atoms with Gasteiger partial charge in [-0.05, 0) is 44.0 Å². The fourth-order valence-corrected chi connectivity index (χ4v) is 2.94. The van der Waals surface area contributed by atoms with Crippen LogP contribution in [0.2, 0.25) is 0 Å². The van der Waals surface area contributed by atoms with Gasteiger partial charge < -0.3 is 10.6 Å². The van der Waals surface area contributed by atoms with Crippen LogP contribution in [0.4, 0.5) is 0 Å². The topological polar surface area (TPSA) is 66.9 Å². The van der Waals surface area contributed by atoms with Crippen molar-refractivity contribution in [1.29, 1.82) is 0 Å². The molecule has 1 aliphatic heterocycles. The van der Waals surface area contributed by atoms with Crippen LogP contribution in [0.15, 0.2) is 30.6 Å². The Balaban J connectivity index is 1.80. The molecule has 3 atom stereocenters. The van der Waals surface area contributed by atoms with Crippen molar-refractivity contribution < 1.29 is 4.79 Å². The van der Waals surface area contributed by atoms with Crippen molar-refractivity contribution in [3.63, 3.8) is 0 Å². The van der Waals surface area contributed by atoms with Crippen molar-refractivity contribution in [3.8, 4) is 0 Å². The monoisotopic (exact) mass is 284 g/mol. The van der Waals surface area contributed by atoms with E-state index in [4.69, 9.17) is 0 Å². The van der Waals surface area contributed by atoms with Gasteiger partial charge in [-0.15, -0.1) is 0 Å². The number of fused-ring (bicyclic) bond motifs is 1. The minimum atomic E-state index is -0.0463. The van der Waals surface area contributed by atoms with Crippen molar-refractivity contribution in [1.82, 2.24) is 20.6 Å². The summed E-state index contributed by atoms with van der Waals surface area (Å²) in [6, 6.07) is 5.88. The van der Waals surface area contributed by atoms with Crippen molar-refractivity contribution in [3.05, 3.63) is 36.2 Å². The van der Waals surface area contributed by atoms with Gasteiger partial charge in [-0.2, -0.15) is 0 Å². The van der Waals surface area contributed by atoms with Crippen LogP contribution in [0.5, 0.6) is 0 Å². The van der Waals surface area contributed by atoms with Crippen LogP contribution in [0.1, 0.15) is 30.6 Å². The zero-order valence-corrected chi connectivity index (χ0v) is 12.3. The van der Waals surface area contributed by atoms with Gasteiger partial charge in [0.1, 0.15) is 0 Å². The Labute approximate surface area is 124 Å². The molecular weight excluding hydrogens is 264 g/mol. The molecule has 21 heavy (non-hydrogen) atoms. The Morgan fingerprint density at radius 2 is 2.00 bits per heavy atom. The summed E-state index contributed by atoms with van der Waals surface area (Å²) >= 11 is 0. The normalized spacial score (nSPS) is 25.7. The van der Waals surface area contributed by atoms with E-state index in [0.29, 0.717) is 11.5 Å². The number of carbonyl (C=O) groups is 1. The Morgan fingerprint density at radius 3 is 2.76 bits per heavy atom. The molecule has 0 aliphatic carbocycles. The zero-order chi connectivity index (χ0) is 14.8. The van der Waals surface area contributed by atoms with Crippen LogP contribution >= 0.6 is 0 Å². The molecule has 2 aromatic rings. The Morgan fingerprint density at radius 1 is 1.24 bits per heavy atom. The van der Waals surface area contributed by atoms with Crippen LogP contribution in [-0.4, -0.2) is 34.5 Å². The summed E-state index contributed by atoms with van der Waals surface area (Å²) in [4.78, 5) is 20.9. The summed E-state index contributed by atoms with van der Waals surface area (Å²) < 4.78 is 0. The van der Waals surface area contributed by atoms with Crippen molar-refractivity contribution in [2.75, 3.05) is 6.54 Å². The molecule has 3 rings (SSSR count). The van der Waals surface area contributed by atoms with Gasteiger partial charge in [-0.3, -0.25) is 14.8 Å². The number of nitrogens with one attached hydrogen (secondary N) is 2. The highest BCUT2D eigenvalue weighted by Crippen LogP contribution is 2.17. The molecule has 5 heteroatoms. The number of piperidine rings is 1. The molecule has 0 bridgehead atoms. The van der Waals surface area contributed by atoms with Crippen molar-refractivity contribution in [2.45, 2.75) is 32.4 Å².